The molecular formula is C30H35N5O5. The first-order chi connectivity index (χ1) is 19.3. The molecule has 0 aliphatic carbocycles. The van der Waals surface area contributed by atoms with Gasteiger partial charge in [-0.1, -0.05) is 31.9 Å². The number of carbonyl (C=O) groups is 2. The lowest BCUT2D eigenvalue weighted by atomic mass is 10.0. The number of nitrogens with one attached hydrogen (secondary N) is 3. The number of Topliss-reactive ketones (excluding diaryl/α,β-unsaturated/α-hetero) is 1. The number of methoxy groups -OCH3 is 1. The number of aromatic amines is 2. The molecule has 0 aliphatic heterocycles. The van der Waals surface area contributed by atoms with Crippen molar-refractivity contribution >= 4 is 28.3 Å². The molecule has 2 heterocycles. The fraction of sp³-hybridized carbons (Fsp3) is 0.367. The quantitative estimate of drug-likeness (QED) is 0.0990. The number of ether oxygens (including phenoxy) is 1. The molecule has 0 saturated carbocycles. The van der Waals surface area contributed by atoms with Crippen LogP contribution >= 0.6 is 0 Å². The molecule has 10 heteroatoms. The number of ketones is 1. The third-order valence-corrected chi connectivity index (χ3v) is 7.14. The van der Waals surface area contributed by atoms with Crippen molar-refractivity contribution in [3.63, 3.8) is 0 Å². The maximum absolute atomic E-state index is 13.3. The van der Waals surface area contributed by atoms with E-state index in [0.29, 0.717) is 36.3 Å². The Morgan fingerprint density at radius 2 is 1.95 bits per heavy atom. The average molecular weight is 546 g/mol. The van der Waals surface area contributed by atoms with Crippen LogP contribution in [0.3, 0.4) is 0 Å². The summed E-state index contributed by atoms with van der Waals surface area (Å²) in [7, 11) is 1.61. The van der Waals surface area contributed by atoms with Gasteiger partial charge in [-0.15, -0.1) is 0 Å². The van der Waals surface area contributed by atoms with Gasteiger partial charge in [0, 0.05) is 47.1 Å². The van der Waals surface area contributed by atoms with Crippen LogP contribution in [0.1, 0.15) is 68.6 Å². The molecule has 0 bridgehead atoms. The van der Waals surface area contributed by atoms with Gasteiger partial charge in [-0.05, 0) is 43.5 Å². The first-order valence-corrected chi connectivity index (χ1v) is 13.5. The van der Waals surface area contributed by atoms with Crippen LogP contribution in [0.5, 0.6) is 5.75 Å². The van der Waals surface area contributed by atoms with Crippen molar-refractivity contribution in [1.82, 2.24) is 20.3 Å². The van der Waals surface area contributed by atoms with Crippen LogP contribution in [-0.4, -0.2) is 38.7 Å². The van der Waals surface area contributed by atoms with Crippen LogP contribution in [-0.2, 0) is 16.0 Å². The summed E-state index contributed by atoms with van der Waals surface area (Å²) in [5.41, 5.74) is 4.02. The predicted octanol–water partition coefficient (Wildman–Crippen LogP) is 6.11. The Morgan fingerprint density at radius 3 is 2.70 bits per heavy atom. The van der Waals surface area contributed by atoms with Crippen LogP contribution in [0.4, 0.5) is 5.69 Å². The van der Waals surface area contributed by atoms with E-state index in [-0.39, 0.29) is 29.8 Å². The van der Waals surface area contributed by atoms with Gasteiger partial charge >= 0.3 is 0 Å². The van der Waals surface area contributed by atoms with E-state index < -0.39 is 4.92 Å². The zero-order chi connectivity index (χ0) is 28.6. The van der Waals surface area contributed by atoms with Crippen LogP contribution in [0, 0.1) is 17.0 Å². The molecule has 1 atom stereocenters. The summed E-state index contributed by atoms with van der Waals surface area (Å²) in [5.74, 6) is 1.41. The molecule has 2 aromatic carbocycles. The van der Waals surface area contributed by atoms with Gasteiger partial charge in [-0.2, -0.15) is 0 Å². The summed E-state index contributed by atoms with van der Waals surface area (Å²) in [6.07, 6.45) is 6.02. The lowest BCUT2D eigenvalue weighted by molar-refractivity contribution is -0.384. The summed E-state index contributed by atoms with van der Waals surface area (Å²) in [4.78, 5) is 46.9. The van der Waals surface area contributed by atoms with Gasteiger partial charge in [0.15, 0.2) is 0 Å². The van der Waals surface area contributed by atoms with E-state index >= 15 is 0 Å². The molecule has 210 valence electrons. The van der Waals surface area contributed by atoms with Crippen LogP contribution in [0.15, 0.2) is 48.7 Å². The lowest BCUT2D eigenvalue weighted by Gasteiger charge is -2.17. The standard InChI is InChI=1S/C30H35N5O5/c1-4-22(36)11-6-5-7-12-27(30-31-18-28(34-30)20-9-8-10-21(15-20)35(38)39)33-29(37)17-24-19(2)32-26-14-13-23(40-3)16-25(24)26/h8-10,13-16,18,27,32H,4-7,11-12,17H2,1-3H3,(H,31,34)(H,33,37)/t27-/m0/s1. The summed E-state index contributed by atoms with van der Waals surface area (Å²) < 4.78 is 5.37. The number of rotatable bonds is 14. The number of fused-ring (bicyclic) bond motifs is 1. The van der Waals surface area contributed by atoms with Gasteiger partial charge in [0.1, 0.15) is 17.4 Å². The number of unbranched alkanes of at least 4 members (excludes halogenated alkanes) is 2. The highest BCUT2D eigenvalue weighted by Gasteiger charge is 2.21. The molecule has 4 rings (SSSR count). The highest BCUT2D eigenvalue weighted by molar-refractivity contribution is 5.91. The maximum Gasteiger partial charge on any atom is 0.270 e. The molecule has 0 fully saturated rings. The fourth-order valence-corrected chi connectivity index (χ4v) is 4.87. The van der Waals surface area contributed by atoms with E-state index in [9.17, 15) is 19.7 Å². The molecule has 2 aromatic heterocycles. The van der Waals surface area contributed by atoms with Gasteiger partial charge in [0.05, 0.1) is 36.4 Å². The second-order valence-electron chi connectivity index (χ2n) is 9.92. The van der Waals surface area contributed by atoms with Crippen molar-refractivity contribution in [1.29, 1.82) is 0 Å². The number of aromatic nitrogens is 3. The Bertz CT molecular complexity index is 1510. The summed E-state index contributed by atoms with van der Waals surface area (Å²) >= 11 is 0. The maximum atomic E-state index is 13.3. The fourth-order valence-electron chi connectivity index (χ4n) is 4.87. The normalized spacial score (nSPS) is 11.9. The number of nitro groups is 1. The van der Waals surface area contributed by atoms with Crippen molar-refractivity contribution in [2.45, 2.75) is 64.8 Å². The predicted molar refractivity (Wildman–Crippen MR) is 153 cm³/mol. The number of benzene rings is 2. The Hall–Kier alpha value is -4.47. The van der Waals surface area contributed by atoms with Crippen molar-refractivity contribution in [2.24, 2.45) is 0 Å². The number of H-pyrrole nitrogens is 2. The van der Waals surface area contributed by atoms with E-state index in [1.54, 1.807) is 25.4 Å². The largest absolute Gasteiger partial charge is 0.497 e. The smallest absolute Gasteiger partial charge is 0.270 e. The van der Waals surface area contributed by atoms with Crippen molar-refractivity contribution in [2.75, 3.05) is 7.11 Å². The van der Waals surface area contributed by atoms with E-state index in [2.05, 4.69) is 20.3 Å². The third kappa shape index (κ3) is 6.93. The van der Waals surface area contributed by atoms with Crippen molar-refractivity contribution in [3.8, 4) is 17.0 Å². The summed E-state index contributed by atoms with van der Waals surface area (Å²) in [6, 6.07) is 11.7. The van der Waals surface area contributed by atoms with Crippen molar-refractivity contribution < 1.29 is 19.2 Å². The van der Waals surface area contributed by atoms with E-state index in [4.69, 9.17) is 4.74 Å². The first-order valence-electron chi connectivity index (χ1n) is 13.5. The van der Waals surface area contributed by atoms with Crippen LogP contribution in [0.2, 0.25) is 0 Å². The van der Waals surface area contributed by atoms with Gasteiger partial charge < -0.3 is 20.0 Å². The Morgan fingerprint density at radius 1 is 1.12 bits per heavy atom. The molecule has 0 saturated heterocycles. The molecule has 0 radical (unpaired) electrons. The second-order valence-corrected chi connectivity index (χ2v) is 9.92. The monoisotopic (exact) mass is 545 g/mol. The van der Waals surface area contributed by atoms with E-state index in [1.807, 2.05) is 32.0 Å². The zero-order valence-electron chi connectivity index (χ0n) is 23.1. The number of nitrogens with zero attached hydrogens (tertiary/aromatic N) is 2. The van der Waals surface area contributed by atoms with Gasteiger partial charge in [0.25, 0.3) is 5.69 Å². The number of aryl methyl sites for hydroxylation is 1. The molecule has 4 aromatic rings. The number of nitro benzene ring substituents is 1. The summed E-state index contributed by atoms with van der Waals surface area (Å²) in [5, 5.41) is 15.3. The minimum atomic E-state index is -0.435. The molecular weight excluding hydrogens is 510 g/mol. The number of non-ortho nitro benzene ring substituents is 1. The molecule has 3 N–H and O–H groups in total. The van der Waals surface area contributed by atoms with Crippen LogP contribution < -0.4 is 10.1 Å². The zero-order valence-corrected chi connectivity index (χ0v) is 23.1. The van der Waals surface area contributed by atoms with Gasteiger partial charge in [0.2, 0.25) is 5.91 Å². The average Bonchev–Trinajstić information content (AvgIpc) is 3.56. The molecule has 1 amide bonds. The number of carbonyl (C=O) groups excluding carboxylic acids is 2. The minimum absolute atomic E-state index is 0.00846. The van der Waals surface area contributed by atoms with Crippen molar-refractivity contribution in [3.05, 3.63) is 75.9 Å². The lowest BCUT2D eigenvalue weighted by Crippen LogP contribution is -2.30. The summed E-state index contributed by atoms with van der Waals surface area (Å²) in [6.45, 7) is 3.82. The Kier molecular flexibility index (Phi) is 9.31. The molecule has 0 aliphatic rings. The third-order valence-electron chi connectivity index (χ3n) is 7.14. The number of hydrogen-bond acceptors (Lipinski definition) is 6. The first kappa shape index (κ1) is 28.5. The number of amides is 1. The molecule has 0 unspecified atom stereocenters. The highest BCUT2D eigenvalue weighted by atomic mass is 16.6. The molecule has 10 nitrogen and oxygen atoms in total. The van der Waals surface area contributed by atoms with Gasteiger partial charge in [-0.3, -0.25) is 19.7 Å². The Labute approximate surface area is 232 Å². The van der Waals surface area contributed by atoms with E-state index in [0.717, 1.165) is 47.2 Å². The minimum Gasteiger partial charge on any atom is -0.497 e. The number of hydrogen-bond donors (Lipinski definition) is 3. The van der Waals surface area contributed by atoms with Crippen LogP contribution in [0.25, 0.3) is 22.2 Å². The highest BCUT2D eigenvalue weighted by Crippen LogP contribution is 2.28. The molecule has 0 spiro atoms. The van der Waals surface area contributed by atoms with Gasteiger partial charge in [-0.25, -0.2) is 4.98 Å². The SMILES string of the molecule is CCC(=O)CCCCC[C@H](NC(=O)Cc1c(C)[nH]c2ccc(OC)cc12)c1ncc(-c2cccc([N+](=O)[O-])c2)[nH]1. The second kappa shape index (κ2) is 13.1. The molecule has 40 heavy (non-hydrogen) atoms. The Balaban J connectivity index is 1.52. The number of imidazole rings is 1. The van der Waals surface area contributed by atoms with E-state index in [1.165, 1.54) is 12.1 Å². The topological polar surface area (TPSA) is 143 Å².